The van der Waals surface area contributed by atoms with Crippen molar-refractivity contribution >= 4 is 21.8 Å². The second-order valence-electron chi connectivity index (χ2n) is 10.0. The van der Waals surface area contributed by atoms with Gasteiger partial charge in [0.25, 0.3) is 5.91 Å². The van der Waals surface area contributed by atoms with E-state index in [0.29, 0.717) is 37.3 Å². The van der Waals surface area contributed by atoms with Crippen molar-refractivity contribution in [2.45, 2.75) is 68.6 Å². The molecule has 0 radical (unpaired) electrons. The van der Waals surface area contributed by atoms with E-state index in [-0.39, 0.29) is 37.0 Å². The molecule has 0 bridgehead atoms. The summed E-state index contributed by atoms with van der Waals surface area (Å²) in [5.74, 6) is -1.15. The smallest absolute Gasteiger partial charge is 0.351 e. The van der Waals surface area contributed by atoms with Gasteiger partial charge in [0, 0.05) is 30.7 Å². The third-order valence-corrected chi connectivity index (χ3v) is 9.21. The molecular weight excluding hydrogens is 519 g/mol. The first-order chi connectivity index (χ1) is 18.0. The summed E-state index contributed by atoms with van der Waals surface area (Å²) >= 11 is 0. The molecule has 2 amide bonds. The summed E-state index contributed by atoms with van der Waals surface area (Å²) in [4.78, 5) is 25.7. The molecule has 1 saturated heterocycles. The van der Waals surface area contributed by atoms with Gasteiger partial charge in [0.2, 0.25) is 15.9 Å². The van der Waals surface area contributed by atoms with Crippen LogP contribution >= 0.6 is 0 Å². The number of piperidine rings is 1. The maximum absolute atomic E-state index is 13.2. The molecule has 1 heterocycles. The molecule has 2 N–H and O–H groups in total. The first kappa shape index (κ1) is 28.1. The predicted octanol–water partition coefficient (Wildman–Crippen LogP) is 4.27. The SMILES string of the molecule is Cc1ccccc1C(=O)N[C@@H]1CCCC[C@H]1NC(=O)[C@@H]1CCCN(S(=O)(=O)c2cccc(C(F)(F)F)c2)C1. The highest BCUT2D eigenvalue weighted by molar-refractivity contribution is 7.89. The Kier molecular flexibility index (Phi) is 8.46. The lowest BCUT2D eigenvalue weighted by Gasteiger charge is -2.36. The monoisotopic (exact) mass is 551 g/mol. The first-order valence-electron chi connectivity index (χ1n) is 12.8. The topological polar surface area (TPSA) is 95.6 Å². The van der Waals surface area contributed by atoms with E-state index in [1.807, 2.05) is 19.1 Å². The summed E-state index contributed by atoms with van der Waals surface area (Å²) in [5.41, 5.74) is 0.387. The molecule has 4 rings (SSSR count). The third kappa shape index (κ3) is 6.37. The van der Waals surface area contributed by atoms with Gasteiger partial charge in [-0.15, -0.1) is 0 Å². The number of amides is 2. The van der Waals surface area contributed by atoms with Gasteiger partial charge in [-0.05, 0) is 62.4 Å². The Morgan fingerprint density at radius 2 is 1.61 bits per heavy atom. The second kappa shape index (κ2) is 11.4. The number of alkyl halides is 3. The van der Waals surface area contributed by atoms with Crippen molar-refractivity contribution in [3.63, 3.8) is 0 Å². The fourth-order valence-corrected chi connectivity index (χ4v) is 6.78. The summed E-state index contributed by atoms with van der Waals surface area (Å²) < 4.78 is 66.8. The van der Waals surface area contributed by atoms with Gasteiger partial charge in [0.15, 0.2) is 0 Å². The molecule has 0 unspecified atom stereocenters. The molecule has 2 fully saturated rings. The number of rotatable bonds is 6. The number of halogens is 3. The summed E-state index contributed by atoms with van der Waals surface area (Å²) in [6.07, 6.45) is -0.588. The van der Waals surface area contributed by atoms with Crippen molar-refractivity contribution in [1.82, 2.24) is 14.9 Å². The average molecular weight is 552 g/mol. The largest absolute Gasteiger partial charge is 0.416 e. The highest BCUT2D eigenvalue weighted by atomic mass is 32.2. The van der Waals surface area contributed by atoms with Crippen molar-refractivity contribution in [3.8, 4) is 0 Å². The van der Waals surface area contributed by atoms with Gasteiger partial charge in [0.1, 0.15) is 0 Å². The Labute approximate surface area is 220 Å². The average Bonchev–Trinajstić information content (AvgIpc) is 2.89. The molecular formula is C27H32F3N3O4S. The molecule has 0 aromatic heterocycles. The van der Waals surface area contributed by atoms with Crippen LogP contribution < -0.4 is 10.6 Å². The minimum Gasteiger partial charge on any atom is -0.351 e. The fourth-order valence-electron chi connectivity index (χ4n) is 5.21. The highest BCUT2D eigenvalue weighted by Gasteiger charge is 2.37. The van der Waals surface area contributed by atoms with Crippen molar-refractivity contribution in [1.29, 1.82) is 0 Å². The molecule has 2 aromatic carbocycles. The van der Waals surface area contributed by atoms with E-state index < -0.39 is 32.6 Å². The summed E-state index contributed by atoms with van der Waals surface area (Å²) in [5, 5.41) is 6.08. The second-order valence-corrected chi connectivity index (χ2v) is 12.0. The van der Waals surface area contributed by atoms with Gasteiger partial charge in [0.05, 0.1) is 16.4 Å². The van der Waals surface area contributed by atoms with E-state index in [2.05, 4.69) is 10.6 Å². The van der Waals surface area contributed by atoms with E-state index >= 15 is 0 Å². The summed E-state index contributed by atoms with van der Waals surface area (Å²) in [7, 11) is -4.21. The zero-order valence-electron chi connectivity index (χ0n) is 21.1. The summed E-state index contributed by atoms with van der Waals surface area (Å²) in [6.45, 7) is 1.87. The molecule has 11 heteroatoms. The molecule has 206 valence electrons. The Bertz CT molecular complexity index is 1280. The maximum atomic E-state index is 13.2. The van der Waals surface area contributed by atoms with Gasteiger partial charge < -0.3 is 10.6 Å². The van der Waals surface area contributed by atoms with Crippen LogP contribution in [0.25, 0.3) is 0 Å². The van der Waals surface area contributed by atoms with Gasteiger partial charge >= 0.3 is 6.18 Å². The molecule has 1 aliphatic carbocycles. The number of hydrogen-bond acceptors (Lipinski definition) is 4. The lowest BCUT2D eigenvalue weighted by Crippen LogP contribution is -2.55. The van der Waals surface area contributed by atoms with Crippen LogP contribution in [0.2, 0.25) is 0 Å². The zero-order chi connectivity index (χ0) is 27.5. The molecule has 0 spiro atoms. The Morgan fingerprint density at radius 3 is 2.29 bits per heavy atom. The quantitative estimate of drug-likeness (QED) is 0.561. The normalized spacial score (nSPS) is 23.0. The van der Waals surface area contributed by atoms with E-state index in [9.17, 15) is 31.2 Å². The van der Waals surface area contributed by atoms with Crippen LogP contribution in [0, 0.1) is 12.8 Å². The highest BCUT2D eigenvalue weighted by Crippen LogP contribution is 2.32. The predicted molar refractivity (Wildman–Crippen MR) is 136 cm³/mol. The number of carbonyl (C=O) groups is 2. The van der Waals surface area contributed by atoms with E-state index in [4.69, 9.17) is 0 Å². The number of nitrogens with one attached hydrogen (secondary N) is 2. The Hall–Kier alpha value is -2.92. The number of nitrogens with zero attached hydrogens (tertiary/aromatic N) is 1. The van der Waals surface area contributed by atoms with Crippen LogP contribution in [-0.4, -0.2) is 49.7 Å². The zero-order valence-corrected chi connectivity index (χ0v) is 21.9. The van der Waals surface area contributed by atoms with Crippen molar-refractivity contribution in [2.75, 3.05) is 13.1 Å². The summed E-state index contributed by atoms with van der Waals surface area (Å²) in [6, 6.07) is 10.4. The molecule has 2 aromatic rings. The Balaban J connectivity index is 1.42. The van der Waals surface area contributed by atoms with Crippen molar-refractivity contribution in [2.24, 2.45) is 5.92 Å². The van der Waals surface area contributed by atoms with E-state index in [1.54, 1.807) is 12.1 Å². The number of carbonyl (C=O) groups excluding carboxylic acids is 2. The Morgan fingerprint density at radius 1 is 0.921 bits per heavy atom. The molecule has 3 atom stereocenters. The van der Waals surface area contributed by atoms with Gasteiger partial charge in [-0.25, -0.2) is 8.42 Å². The van der Waals surface area contributed by atoms with Crippen molar-refractivity contribution < 1.29 is 31.2 Å². The fraction of sp³-hybridized carbons (Fsp3) is 0.481. The number of hydrogen-bond donors (Lipinski definition) is 2. The van der Waals surface area contributed by atoms with E-state index in [1.165, 1.54) is 0 Å². The van der Waals surface area contributed by atoms with E-state index in [0.717, 1.165) is 40.9 Å². The first-order valence-corrected chi connectivity index (χ1v) is 14.2. The van der Waals surface area contributed by atoms with Gasteiger partial charge in [-0.3, -0.25) is 9.59 Å². The standard InChI is InChI=1S/C27H32F3N3O4S/c1-18-8-2-3-12-22(18)26(35)32-24-14-5-4-13-23(24)31-25(34)19-9-7-15-33(17-19)38(36,37)21-11-6-10-20(16-21)27(28,29)30/h2-3,6,8,10-12,16,19,23-24H,4-5,7,9,13-15,17H2,1H3,(H,31,34)(H,32,35)/t19-,23-,24-/m1/s1. The molecule has 7 nitrogen and oxygen atoms in total. The minimum absolute atomic E-state index is 0.114. The number of sulfonamides is 1. The van der Waals surface area contributed by atoms with Crippen LogP contribution in [0.4, 0.5) is 13.2 Å². The lowest BCUT2D eigenvalue weighted by molar-refractivity contribution is -0.137. The lowest BCUT2D eigenvalue weighted by atomic mass is 9.89. The van der Waals surface area contributed by atoms with Crippen LogP contribution in [-0.2, 0) is 21.0 Å². The van der Waals surface area contributed by atoms with Crippen LogP contribution in [0.5, 0.6) is 0 Å². The minimum atomic E-state index is -4.67. The molecule has 2 aliphatic rings. The van der Waals surface area contributed by atoms with Gasteiger partial charge in [-0.1, -0.05) is 37.1 Å². The van der Waals surface area contributed by atoms with Crippen molar-refractivity contribution in [3.05, 3.63) is 65.2 Å². The molecule has 1 saturated carbocycles. The molecule has 38 heavy (non-hydrogen) atoms. The number of benzene rings is 2. The third-order valence-electron chi connectivity index (χ3n) is 7.35. The number of aryl methyl sites for hydroxylation is 1. The van der Waals surface area contributed by atoms with Crippen LogP contribution in [0.1, 0.15) is 60.0 Å². The molecule has 1 aliphatic heterocycles. The van der Waals surface area contributed by atoms with Crippen LogP contribution in [0.3, 0.4) is 0 Å². The maximum Gasteiger partial charge on any atom is 0.416 e. The van der Waals surface area contributed by atoms with Crippen LogP contribution in [0.15, 0.2) is 53.4 Å². The van der Waals surface area contributed by atoms with Gasteiger partial charge in [-0.2, -0.15) is 17.5 Å².